The van der Waals surface area contributed by atoms with Crippen LogP contribution in [0.2, 0.25) is 0 Å². The summed E-state index contributed by atoms with van der Waals surface area (Å²) in [6, 6.07) is 16.2. The number of benzene rings is 2. The van der Waals surface area contributed by atoms with Crippen LogP contribution in [0.15, 0.2) is 53.9 Å². The van der Waals surface area contributed by atoms with E-state index in [4.69, 9.17) is 9.47 Å². The van der Waals surface area contributed by atoms with E-state index >= 15 is 0 Å². The summed E-state index contributed by atoms with van der Waals surface area (Å²) >= 11 is 1.84. The molecule has 38 heavy (non-hydrogen) atoms. The van der Waals surface area contributed by atoms with Crippen molar-refractivity contribution >= 4 is 23.2 Å². The van der Waals surface area contributed by atoms with Gasteiger partial charge in [0.05, 0.1) is 20.3 Å². The Kier molecular flexibility index (Phi) is 8.00. The van der Waals surface area contributed by atoms with Crippen molar-refractivity contribution in [2.24, 2.45) is 0 Å². The zero-order chi connectivity index (χ0) is 26.6. The molecule has 1 aromatic heterocycles. The minimum Gasteiger partial charge on any atom is -0.497 e. The third-order valence-corrected chi connectivity index (χ3v) is 8.68. The smallest absolute Gasteiger partial charge is 0.254 e. The Morgan fingerprint density at radius 1 is 0.895 bits per heavy atom. The summed E-state index contributed by atoms with van der Waals surface area (Å²) in [6.45, 7) is 5.95. The molecule has 2 aliphatic rings. The Hall–Kier alpha value is -3.36. The lowest BCUT2D eigenvalue weighted by atomic mass is 9.90. The molecule has 200 valence electrons. The SMILES string of the molecule is COc1cc(OC)cc(C(=O)N2CCN(C(=O)CCN3CCc4sccc4C3c3ccccc3C)CC2)c1. The van der Waals surface area contributed by atoms with Crippen LogP contribution in [-0.2, 0) is 11.2 Å². The summed E-state index contributed by atoms with van der Waals surface area (Å²) in [5, 5.41) is 2.19. The Morgan fingerprint density at radius 3 is 2.26 bits per heavy atom. The topological polar surface area (TPSA) is 62.3 Å². The summed E-state index contributed by atoms with van der Waals surface area (Å²) in [5.74, 6) is 1.24. The maximum Gasteiger partial charge on any atom is 0.254 e. The summed E-state index contributed by atoms with van der Waals surface area (Å²) in [7, 11) is 3.14. The molecule has 2 amide bonds. The lowest BCUT2D eigenvalue weighted by Gasteiger charge is -2.38. The second kappa shape index (κ2) is 11.6. The van der Waals surface area contributed by atoms with Crippen molar-refractivity contribution in [2.75, 3.05) is 53.5 Å². The number of ether oxygens (including phenoxy) is 2. The van der Waals surface area contributed by atoms with Gasteiger partial charge in [0.15, 0.2) is 0 Å². The lowest BCUT2D eigenvalue weighted by molar-refractivity contribution is -0.133. The molecule has 0 bridgehead atoms. The summed E-state index contributed by atoms with van der Waals surface area (Å²) in [6.07, 6.45) is 1.50. The maximum absolute atomic E-state index is 13.2. The molecule has 2 aromatic carbocycles. The number of methoxy groups -OCH3 is 2. The van der Waals surface area contributed by atoms with Crippen LogP contribution < -0.4 is 9.47 Å². The molecule has 7 nitrogen and oxygen atoms in total. The number of nitrogens with zero attached hydrogens (tertiary/aromatic N) is 3. The van der Waals surface area contributed by atoms with Gasteiger partial charge in [-0.3, -0.25) is 14.5 Å². The largest absolute Gasteiger partial charge is 0.497 e. The zero-order valence-electron chi connectivity index (χ0n) is 22.3. The molecule has 0 N–H and O–H groups in total. The number of hydrogen-bond donors (Lipinski definition) is 0. The Labute approximate surface area is 228 Å². The highest BCUT2D eigenvalue weighted by Gasteiger charge is 2.31. The van der Waals surface area contributed by atoms with E-state index < -0.39 is 0 Å². The lowest BCUT2D eigenvalue weighted by Crippen LogP contribution is -2.51. The molecule has 1 saturated heterocycles. The van der Waals surface area contributed by atoms with E-state index in [0.29, 0.717) is 49.7 Å². The van der Waals surface area contributed by atoms with Gasteiger partial charge in [0.25, 0.3) is 5.91 Å². The third kappa shape index (κ3) is 5.42. The molecule has 1 fully saturated rings. The van der Waals surface area contributed by atoms with Crippen LogP contribution >= 0.6 is 11.3 Å². The van der Waals surface area contributed by atoms with Crippen molar-refractivity contribution in [3.8, 4) is 11.5 Å². The standard InChI is InChI=1S/C30H35N3O4S/c1-21-6-4-5-7-25(21)29-26-10-17-38-27(26)8-11-32(29)12-9-28(34)31-13-15-33(16-14-31)30(35)22-18-23(36-2)20-24(19-22)37-3/h4-7,10,17-20,29H,8-9,11-16H2,1-3H3. The van der Waals surface area contributed by atoms with E-state index in [1.807, 2.05) is 16.2 Å². The van der Waals surface area contributed by atoms with Gasteiger partial charge < -0.3 is 19.3 Å². The quantitative estimate of drug-likeness (QED) is 0.451. The van der Waals surface area contributed by atoms with E-state index in [0.717, 1.165) is 19.5 Å². The monoisotopic (exact) mass is 533 g/mol. The van der Waals surface area contributed by atoms with Crippen LogP contribution in [-0.4, -0.2) is 80.0 Å². The van der Waals surface area contributed by atoms with Gasteiger partial charge in [0.2, 0.25) is 5.91 Å². The van der Waals surface area contributed by atoms with E-state index in [2.05, 4.69) is 47.5 Å². The first kappa shape index (κ1) is 26.3. The maximum atomic E-state index is 13.2. The number of carbonyl (C=O) groups is 2. The normalized spacial score (nSPS) is 17.7. The fourth-order valence-electron chi connectivity index (χ4n) is 5.54. The third-order valence-electron chi connectivity index (χ3n) is 7.68. The molecule has 0 radical (unpaired) electrons. The average molecular weight is 534 g/mol. The van der Waals surface area contributed by atoms with E-state index in [1.165, 1.54) is 21.6 Å². The van der Waals surface area contributed by atoms with Gasteiger partial charge in [-0.05, 0) is 53.6 Å². The number of aryl methyl sites for hydroxylation is 1. The number of amides is 2. The molecule has 3 heterocycles. The van der Waals surface area contributed by atoms with Gasteiger partial charge in [-0.2, -0.15) is 0 Å². The molecular weight excluding hydrogens is 498 g/mol. The Morgan fingerprint density at radius 2 is 1.58 bits per heavy atom. The summed E-state index contributed by atoms with van der Waals surface area (Å²) in [4.78, 5) is 34.0. The molecule has 0 spiro atoms. The fraction of sp³-hybridized carbons (Fsp3) is 0.400. The van der Waals surface area contributed by atoms with E-state index in [9.17, 15) is 9.59 Å². The van der Waals surface area contributed by atoms with Crippen molar-refractivity contribution in [3.05, 3.63) is 81.0 Å². The molecule has 1 atom stereocenters. The highest BCUT2D eigenvalue weighted by atomic mass is 32.1. The first-order valence-electron chi connectivity index (χ1n) is 13.1. The van der Waals surface area contributed by atoms with Gasteiger partial charge in [-0.1, -0.05) is 24.3 Å². The number of hydrogen-bond acceptors (Lipinski definition) is 6. The molecule has 5 rings (SSSR count). The van der Waals surface area contributed by atoms with Crippen LogP contribution in [0.4, 0.5) is 0 Å². The van der Waals surface area contributed by atoms with Crippen LogP contribution in [0, 0.1) is 6.92 Å². The number of fused-ring (bicyclic) bond motifs is 1. The predicted octanol–water partition coefficient (Wildman–Crippen LogP) is 4.40. The minimum absolute atomic E-state index is 0.0738. The molecule has 0 saturated carbocycles. The minimum atomic E-state index is -0.0738. The van der Waals surface area contributed by atoms with Crippen molar-refractivity contribution in [3.63, 3.8) is 0 Å². The predicted molar refractivity (Wildman–Crippen MR) is 149 cm³/mol. The second-order valence-electron chi connectivity index (χ2n) is 9.87. The van der Waals surface area contributed by atoms with Gasteiger partial charge in [0.1, 0.15) is 11.5 Å². The molecular formula is C30H35N3O4S. The highest BCUT2D eigenvalue weighted by Crippen LogP contribution is 2.39. The molecule has 8 heteroatoms. The number of thiophene rings is 1. The van der Waals surface area contributed by atoms with Gasteiger partial charge >= 0.3 is 0 Å². The Balaban J connectivity index is 1.20. The zero-order valence-corrected chi connectivity index (χ0v) is 23.1. The van der Waals surface area contributed by atoms with Gasteiger partial charge in [0, 0.05) is 62.2 Å². The highest BCUT2D eigenvalue weighted by molar-refractivity contribution is 7.10. The average Bonchev–Trinajstić information content (AvgIpc) is 3.44. The second-order valence-corrected chi connectivity index (χ2v) is 10.9. The number of carbonyl (C=O) groups excluding carboxylic acids is 2. The number of rotatable bonds is 7. The van der Waals surface area contributed by atoms with Crippen molar-refractivity contribution in [1.29, 1.82) is 0 Å². The van der Waals surface area contributed by atoms with Gasteiger partial charge in [-0.25, -0.2) is 0 Å². The molecule has 1 unspecified atom stereocenters. The fourth-order valence-corrected chi connectivity index (χ4v) is 6.44. The summed E-state index contributed by atoms with van der Waals surface area (Å²) < 4.78 is 10.6. The van der Waals surface area contributed by atoms with Crippen LogP contribution in [0.25, 0.3) is 0 Å². The first-order chi connectivity index (χ1) is 18.5. The van der Waals surface area contributed by atoms with Crippen molar-refractivity contribution < 1.29 is 19.1 Å². The van der Waals surface area contributed by atoms with Crippen LogP contribution in [0.1, 0.15) is 44.4 Å². The Bertz CT molecular complexity index is 1280. The molecule has 0 aliphatic carbocycles. The molecule has 3 aromatic rings. The van der Waals surface area contributed by atoms with Gasteiger partial charge in [-0.15, -0.1) is 11.3 Å². The van der Waals surface area contributed by atoms with Crippen molar-refractivity contribution in [1.82, 2.24) is 14.7 Å². The van der Waals surface area contributed by atoms with Crippen LogP contribution in [0.3, 0.4) is 0 Å². The van der Waals surface area contributed by atoms with Crippen molar-refractivity contribution in [2.45, 2.75) is 25.8 Å². The summed E-state index contributed by atoms with van der Waals surface area (Å²) in [5.41, 5.74) is 4.51. The first-order valence-corrected chi connectivity index (χ1v) is 14.0. The number of piperazine rings is 1. The van der Waals surface area contributed by atoms with E-state index in [-0.39, 0.29) is 17.9 Å². The van der Waals surface area contributed by atoms with Crippen LogP contribution in [0.5, 0.6) is 11.5 Å². The van der Waals surface area contributed by atoms with E-state index in [1.54, 1.807) is 37.3 Å². The molecule has 2 aliphatic heterocycles.